The zero-order valence-corrected chi connectivity index (χ0v) is 20.5. The molecule has 0 aliphatic carbocycles. The van der Waals surface area contributed by atoms with Gasteiger partial charge in [0, 0.05) is 0 Å². The molecule has 0 bridgehead atoms. The van der Waals surface area contributed by atoms with E-state index in [1.54, 1.807) is 0 Å². The summed E-state index contributed by atoms with van der Waals surface area (Å²) in [6, 6.07) is 0. The van der Waals surface area contributed by atoms with Crippen molar-refractivity contribution in [2.24, 2.45) is 5.92 Å². The van der Waals surface area contributed by atoms with Gasteiger partial charge in [0.1, 0.15) is 0 Å². The maximum atomic E-state index is 11.6. The highest BCUT2D eigenvalue weighted by Gasteiger charge is 2.21. The molecule has 0 aliphatic heterocycles. The Hall–Kier alpha value is -1.32. The van der Waals surface area contributed by atoms with Crippen molar-refractivity contribution in [3.63, 3.8) is 0 Å². The van der Waals surface area contributed by atoms with Crippen LogP contribution in [0.5, 0.6) is 0 Å². The molecule has 1 unspecified atom stereocenters. The quantitative estimate of drug-likeness (QED) is 0.0991. The molecule has 182 valence electrons. The molecule has 0 saturated carbocycles. The van der Waals surface area contributed by atoms with E-state index in [1.807, 2.05) is 6.92 Å². The first kappa shape index (κ1) is 29.7. The fourth-order valence-corrected chi connectivity index (χ4v) is 3.78. The molecule has 0 aliphatic rings. The molecule has 1 atom stereocenters. The van der Waals surface area contributed by atoms with Crippen molar-refractivity contribution in [2.45, 2.75) is 136 Å². The second kappa shape index (κ2) is 23.3. The van der Waals surface area contributed by atoms with E-state index in [9.17, 15) is 14.7 Å². The number of rotatable bonds is 23. The van der Waals surface area contributed by atoms with E-state index >= 15 is 0 Å². The number of carbonyl (C=O) groups excluding carboxylic acids is 1. The molecule has 31 heavy (non-hydrogen) atoms. The lowest BCUT2D eigenvalue weighted by atomic mass is 9.97. The summed E-state index contributed by atoms with van der Waals surface area (Å²) in [5.74, 6) is -1.86. The number of carboxylic acids is 1. The Labute approximate surface area is 192 Å². The molecule has 0 amide bonds. The molecular weight excluding hydrogens is 388 g/mol. The summed E-state index contributed by atoms with van der Waals surface area (Å²) < 4.78 is 5.01. The molecule has 0 rings (SSSR count). The van der Waals surface area contributed by atoms with Gasteiger partial charge in [-0.25, -0.2) is 0 Å². The van der Waals surface area contributed by atoms with E-state index in [4.69, 9.17) is 4.74 Å². The third kappa shape index (κ3) is 21.7. The predicted octanol–water partition coefficient (Wildman–Crippen LogP) is 8.24. The summed E-state index contributed by atoms with van der Waals surface area (Å²) in [7, 11) is 0. The standard InChI is InChI=1S/C27H50O4/c1-3-5-6-7-8-9-10-11-12-13-14-15-16-17-18-19-20-21-22-25(27(29)30)24-26(28)31-23-4-2/h10-11,25H,3-9,12-24H2,1-2H3,(H,29,30)/b11-10+. The predicted molar refractivity (Wildman–Crippen MR) is 130 cm³/mol. The zero-order valence-electron chi connectivity index (χ0n) is 20.5. The monoisotopic (exact) mass is 438 g/mol. The molecule has 0 fully saturated rings. The average Bonchev–Trinajstić information content (AvgIpc) is 2.75. The number of esters is 1. The van der Waals surface area contributed by atoms with Gasteiger partial charge in [-0.1, -0.05) is 103 Å². The highest BCUT2D eigenvalue weighted by molar-refractivity contribution is 5.78. The van der Waals surface area contributed by atoms with Crippen LogP contribution >= 0.6 is 0 Å². The number of carbonyl (C=O) groups is 2. The Morgan fingerprint density at radius 3 is 1.68 bits per heavy atom. The molecule has 0 aromatic rings. The summed E-state index contributed by atoms with van der Waals surface area (Å²) >= 11 is 0. The molecule has 0 aromatic carbocycles. The number of aliphatic carboxylic acids is 1. The Balaban J connectivity index is 3.44. The van der Waals surface area contributed by atoms with Gasteiger partial charge >= 0.3 is 11.9 Å². The second-order valence-corrected chi connectivity index (χ2v) is 8.89. The minimum atomic E-state index is -0.879. The van der Waals surface area contributed by atoms with Crippen LogP contribution in [-0.2, 0) is 14.3 Å². The molecule has 1 N–H and O–H groups in total. The van der Waals surface area contributed by atoms with Gasteiger partial charge in [0.25, 0.3) is 0 Å². The summed E-state index contributed by atoms with van der Waals surface area (Å²) in [6.45, 7) is 4.57. The van der Waals surface area contributed by atoms with Crippen LogP contribution in [0.2, 0.25) is 0 Å². The van der Waals surface area contributed by atoms with Crippen LogP contribution in [0, 0.1) is 5.92 Å². The van der Waals surface area contributed by atoms with Gasteiger partial charge in [-0.15, -0.1) is 0 Å². The van der Waals surface area contributed by atoms with E-state index in [0.29, 0.717) is 13.0 Å². The van der Waals surface area contributed by atoms with E-state index < -0.39 is 11.9 Å². The first-order valence-electron chi connectivity index (χ1n) is 13.1. The Morgan fingerprint density at radius 2 is 1.19 bits per heavy atom. The van der Waals surface area contributed by atoms with E-state index in [0.717, 1.165) is 25.7 Å². The molecule has 0 spiro atoms. The maximum absolute atomic E-state index is 11.6. The third-order valence-corrected chi connectivity index (χ3v) is 5.79. The van der Waals surface area contributed by atoms with Crippen LogP contribution in [0.3, 0.4) is 0 Å². The Kier molecular flexibility index (Phi) is 22.4. The smallest absolute Gasteiger partial charge is 0.307 e. The number of ether oxygens (including phenoxy) is 1. The fourth-order valence-electron chi connectivity index (χ4n) is 3.78. The van der Waals surface area contributed by atoms with Crippen LogP contribution < -0.4 is 0 Å². The zero-order chi connectivity index (χ0) is 23.0. The largest absolute Gasteiger partial charge is 0.481 e. The first-order valence-corrected chi connectivity index (χ1v) is 13.1. The summed E-state index contributed by atoms with van der Waals surface area (Å²) in [5, 5.41) is 9.28. The maximum Gasteiger partial charge on any atom is 0.307 e. The van der Waals surface area contributed by atoms with Gasteiger partial charge in [0.15, 0.2) is 0 Å². The molecule has 0 heterocycles. The van der Waals surface area contributed by atoms with Crippen LogP contribution in [0.1, 0.15) is 136 Å². The number of unbranched alkanes of at least 4 members (excludes halogenated alkanes) is 14. The molecular formula is C27H50O4. The molecule has 4 nitrogen and oxygen atoms in total. The van der Waals surface area contributed by atoms with Crippen molar-refractivity contribution in [1.29, 1.82) is 0 Å². The highest BCUT2D eigenvalue weighted by Crippen LogP contribution is 2.17. The topological polar surface area (TPSA) is 63.6 Å². The summed E-state index contributed by atoms with van der Waals surface area (Å²) in [6.07, 6.45) is 26.2. The second-order valence-electron chi connectivity index (χ2n) is 8.89. The number of carboxylic acid groups (broad SMARTS) is 1. The summed E-state index contributed by atoms with van der Waals surface area (Å²) in [4.78, 5) is 22.9. The number of allylic oxidation sites excluding steroid dienone is 2. The summed E-state index contributed by atoms with van der Waals surface area (Å²) in [5.41, 5.74) is 0. The minimum Gasteiger partial charge on any atom is -0.481 e. The molecule has 4 heteroatoms. The molecule has 0 saturated heterocycles. The Bertz CT molecular complexity index is 445. The average molecular weight is 439 g/mol. The van der Waals surface area contributed by atoms with Crippen LogP contribution in [0.25, 0.3) is 0 Å². The molecule has 0 radical (unpaired) electrons. The Morgan fingerprint density at radius 1 is 0.710 bits per heavy atom. The molecule has 0 aromatic heterocycles. The van der Waals surface area contributed by atoms with E-state index in [2.05, 4.69) is 19.1 Å². The lowest BCUT2D eigenvalue weighted by molar-refractivity contribution is -0.151. The van der Waals surface area contributed by atoms with Crippen LogP contribution in [0.4, 0.5) is 0 Å². The first-order chi connectivity index (χ1) is 15.1. The number of hydrogen-bond acceptors (Lipinski definition) is 3. The number of hydrogen-bond donors (Lipinski definition) is 1. The van der Waals surface area contributed by atoms with Crippen molar-refractivity contribution < 1.29 is 19.4 Å². The van der Waals surface area contributed by atoms with Crippen LogP contribution in [0.15, 0.2) is 12.2 Å². The van der Waals surface area contributed by atoms with Crippen molar-refractivity contribution in [1.82, 2.24) is 0 Å². The van der Waals surface area contributed by atoms with Gasteiger partial charge in [-0.3, -0.25) is 9.59 Å². The van der Waals surface area contributed by atoms with E-state index in [-0.39, 0.29) is 12.4 Å². The van der Waals surface area contributed by atoms with Gasteiger partial charge in [0.2, 0.25) is 0 Å². The van der Waals surface area contributed by atoms with E-state index in [1.165, 1.54) is 83.5 Å². The van der Waals surface area contributed by atoms with Gasteiger partial charge in [0.05, 0.1) is 18.9 Å². The van der Waals surface area contributed by atoms with Crippen LogP contribution in [-0.4, -0.2) is 23.7 Å². The van der Waals surface area contributed by atoms with Gasteiger partial charge in [-0.2, -0.15) is 0 Å². The van der Waals surface area contributed by atoms with Gasteiger partial charge < -0.3 is 9.84 Å². The van der Waals surface area contributed by atoms with Crippen molar-refractivity contribution in [3.05, 3.63) is 12.2 Å². The van der Waals surface area contributed by atoms with Crippen molar-refractivity contribution >= 4 is 11.9 Å². The normalized spacial score (nSPS) is 12.3. The highest BCUT2D eigenvalue weighted by atomic mass is 16.5. The SMILES string of the molecule is CCCCCCC/C=C/CCCCCCCCCCCC(CC(=O)OCCC)C(=O)O. The fraction of sp³-hybridized carbons (Fsp3) is 0.852. The van der Waals surface area contributed by atoms with Crippen molar-refractivity contribution in [2.75, 3.05) is 6.61 Å². The lowest BCUT2D eigenvalue weighted by Gasteiger charge is -2.11. The van der Waals surface area contributed by atoms with Crippen molar-refractivity contribution in [3.8, 4) is 0 Å². The lowest BCUT2D eigenvalue weighted by Crippen LogP contribution is -2.19. The van der Waals surface area contributed by atoms with Gasteiger partial charge in [-0.05, 0) is 38.5 Å². The third-order valence-electron chi connectivity index (χ3n) is 5.79. The minimum absolute atomic E-state index is 0.00345.